The summed E-state index contributed by atoms with van der Waals surface area (Å²) in [5.41, 5.74) is 0.295. The first-order chi connectivity index (χ1) is 13.4. The van der Waals surface area contributed by atoms with E-state index in [1.807, 2.05) is 6.92 Å². The predicted molar refractivity (Wildman–Crippen MR) is 101 cm³/mol. The average molecular weight is 400 g/mol. The molecule has 156 valence electrons. The monoisotopic (exact) mass is 400 g/mol. The number of hydrogen-bond donors (Lipinski definition) is 3. The van der Waals surface area contributed by atoms with Crippen molar-refractivity contribution in [2.75, 3.05) is 13.1 Å². The standard InChI is InChI=1S/C19H27F3N4O2/c1-2-23-18(25-13-17(27)26-15-9-4-3-5-10-15)24-12-14-8-6-7-11-16(14)28-19(20,21)22/h6-8,11,15H,2-5,9-10,12-13H2,1H3,(H,26,27)(H2,23,24,25). The number of amides is 1. The molecule has 2 rings (SSSR count). The molecule has 0 aliphatic heterocycles. The zero-order valence-electron chi connectivity index (χ0n) is 15.9. The average Bonchev–Trinajstić information content (AvgIpc) is 2.64. The molecule has 1 amide bonds. The maximum Gasteiger partial charge on any atom is 0.573 e. The number of nitrogens with zero attached hydrogens (tertiary/aromatic N) is 1. The van der Waals surface area contributed by atoms with Crippen LogP contribution >= 0.6 is 0 Å². The van der Waals surface area contributed by atoms with Crippen LogP contribution in [-0.4, -0.2) is 37.4 Å². The first kappa shape index (κ1) is 21.8. The van der Waals surface area contributed by atoms with E-state index < -0.39 is 6.36 Å². The van der Waals surface area contributed by atoms with Crippen LogP contribution in [0.5, 0.6) is 5.75 Å². The van der Waals surface area contributed by atoms with E-state index in [4.69, 9.17) is 0 Å². The molecule has 1 aliphatic rings. The molecular formula is C19H27F3N4O2. The number of para-hydroxylation sites is 1. The minimum Gasteiger partial charge on any atom is -0.405 e. The molecule has 0 heterocycles. The fourth-order valence-electron chi connectivity index (χ4n) is 3.05. The van der Waals surface area contributed by atoms with Gasteiger partial charge in [0.15, 0.2) is 5.96 Å². The summed E-state index contributed by atoms with van der Waals surface area (Å²) >= 11 is 0. The SMILES string of the molecule is CCNC(=NCc1ccccc1OC(F)(F)F)NCC(=O)NC1CCCCC1. The lowest BCUT2D eigenvalue weighted by Crippen LogP contribution is -2.46. The Bertz CT molecular complexity index is 659. The van der Waals surface area contributed by atoms with Crippen LogP contribution in [-0.2, 0) is 11.3 Å². The molecule has 6 nitrogen and oxygen atoms in total. The maximum atomic E-state index is 12.5. The Labute approximate surface area is 162 Å². The van der Waals surface area contributed by atoms with Crippen molar-refractivity contribution in [2.24, 2.45) is 4.99 Å². The molecular weight excluding hydrogens is 373 g/mol. The van der Waals surface area contributed by atoms with Crippen LogP contribution < -0.4 is 20.7 Å². The number of nitrogens with one attached hydrogen (secondary N) is 3. The first-order valence-corrected chi connectivity index (χ1v) is 9.52. The lowest BCUT2D eigenvalue weighted by Gasteiger charge is -2.23. The highest BCUT2D eigenvalue weighted by molar-refractivity contribution is 5.86. The Morgan fingerprint density at radius 1 is 1.18 bits per heavy atom. The van der Waals surface area contributed by atoms with Crippen molar-refractivity contribution in [3.05, 3.63) is 29.8 Å². The molecule has 1 aliphatic carbocycles. The van der Waals surface area contributed by atoms with Gasteiger partial charge in [0, 0.05) is 18.2 Å². The Morgan fingerprint density at radius 2 is 1.89 bits per heavy atom. The summed E-state index contributed by atoms with van der Waals surface area (Å²) in [6, 6.07) is 6.06. The van der Waals surface area contributed by atoms with Gasteiger partial charge in [-0.3, -0.25) is 4.79 Å². The fraction of sp³-hybridized carbons (Fsp3) is 0.579. The van der Waals surface area contributed by atoms with Gasteiger partial charge in [0.05, 0.1) is 13.1 Å². The molecule has 0 atom stereocenters. The third kappa shape index (κ3) is 8.06. The predicted octanol–water partition coefficient (Wildman–Crippen LogP) is 3.09. The highest BCUT2D eigenvalue weighted by Crippen LogP contribution is 2.26. The van der Waals surface area contributed by atoms with Crippen LogP contribution in [0.15, 0.2) is 29.3 Å². The second kappa shape index (κ2) is 10.8. The Morgan fingerprint density at radius 3 is 2.57 bits per heavy atom. The largest absolute Gasteiger partial charge is 0.573 e. The van der Waals surface area contributed by atoms with Gasteiger partial charge < -0.3 is 20.7 Å². The molecule has 0 aromatic heterocycles. The van der Waals surface area contributed by atoms with Crippen LogP contribution in [0.3, 0.4) is 0 Å². The normalized spacial score (nSPS) is 15.8. The van der Waals surface area contributed by atoms with Crippen LogP contribution in [0.2, 0.25) is 0 Å². The number of aliphatic imine (C=N–C) groups is 1. The molecule has 0 saturated heterocycles. The van der Waals surface area contributed by atoms with Gasteiger partial charge in [-0.15, -0.1) is 13.2 Å². The van der Waals surface area contributed by atoms with Gasteiger partial charge in [-0.25, -0.2) is 4.99 Å². The van der Waals surface area contributed by atoms with Gasteiger partial charge in [-0.05, 0) is 25.8 Å². The Hall–Kier alpha value is -2.45. The summed E-state index contributed by atoms with van der Waals surface area (Å²) in [5.74, 6) is -0.0638. The van der Waals surface area contributed by atoms with Crippen molar-refractivity contribution in [1.82, 2.24) is 16.0 Å². The van der Waals surface area contributed by atoms with E-state index in [2.05, 4.69) is 25.7 Å². The van der Waals surface area contributed by atoms with E-state index in [1.165, 1.54) is 24.6 Å². The van der Waals surface area contributed by atoms with E-state index in [1.54, 1.807) is 6.07 Å². The van der Waals surface area contributed by atoms with Crippen molar-refractivity contribution in [1.29, 1.82) is 0 Å². The number of carbonyl (C=O) groups is 1. The topological polar surface area (TPSA) is 74.8 Å². The van der Waals surface area contributed by atoms with Crippen molar-refractivity contribution in [2.45, 2.75) is 58.0 Å². The third-order valence-corrected chi connectivity index (χ3v) is 4.34. The molecule has 1 aromatic carbocycles. The van der Waals surface area contributed by atoms with Gasteiger partial charge in [-0.2, -0.15) is 0 Å². The Balaban J connectivity index is 1.92. The van der Waals surface area contributed by atoms with Crippen LogP contribution in [0, 0.1) is 0 Å². The third-order valence-electron chi connectivity index (χ3n) is 4.34. The van der Waals surface area contributed by atoms with Gasteiger partial charge in [0.2, 0.25) is 5.91 Å². The van der Waals surface area contributed by atoms with Crippen LogP contribution in [0.4, 0.5) is 13.2 Å². The van der Waals surface area contributed by atoms with Crippen molar-refractivity contribution in [3.8, 4) is 5.75 Å². The molecule has 28 heavy (non-hydrogen) atoms. The molecule has 0 spiro atoms. The van der Waals surface area contributed by atoms with Gasteiger partial charge in [-0.1, -0.05) is 37.5 Å². The highest BCUT2D eigenvalue weighted by Gasteiger charge is 2.31. The first-order valence-electron chi connectivity index (χ1n) is 9.52. The maximum absolute atomic E-state index is 12.5. The highest BCUT2D eigenvalue weighted by atomic mass is 19.4. The number of rotatable bonds is 7. The zero-order chi connectivity index (χ0) is 20.4. The van der Waals surface area contributed by atoms with Gasteiger partial charge >= 0.3 is 6.36 Å². The zero-order valence-corrected chi connectivity index (χ0v) is 15.9. The molecule has 0 radical (unpaired) electrons. The Kier molecular flexibility index (Phi) is 8.41. The number of alkyl halides is 3. The summed E-state index contributed by atoms with van der Waals surface area (Å²) in [6.45, 7) is 2.44. The van der Waals surface area contributed by atoms with E-state index in [-0.39, 0.29) is 30.8 Å². The van der Waals surface area contributed by atoms with E-state index in [9.17, 15) is 18.0 Å². The van der Waals surface area contributed by atoms with Crippen molar-refractivity contribution >= 4 is 11.9 Å². The minimum absolute atomic E-state index is 0.0220. The minimum atomic E-state index is -4.76. The lowest BCUT2D eigenvalue weighted by molar-refractivity contribution is -0.274. The number of ether oxygens (including phenoxy) is 1. The second-order valence-corrected chi connectivity index (χ2v) is 6.61. The van der Waals surface area contributed by atoms with Crippen molar-refractivity contribution in [3.63, 3.8) is 0 Å². The molecule has 0 unspecified atom stereocenters. The molecule has 1 fully saturated rings. The molecule has 9 heteroatoms. The summed E-state index contributed by atoms with van der Waals surface area (Å²) in [6.07, 6.45) is 0.691. The lowest BCUT2D eigenvalue weighted by atomic mass is 9.95. The van der Waals surface area contributed by atoms with E-state index in [0.717, 1.165) is 25.7 Å². The molecule has 3 N–H and O–H groups in total. The van der Waals surface area contributed by atoms with E-state index >= 15 is 0 Å². The fourth-order valence-corrected chi connectivity index (χ4v) is 3.05. The number of benzene rings is 1. The number of halogens is 3. The number of hydrogen-bond acceptors (Lipinski definition) is 3. The number of guanidine groups is 1. The summed E-state index contributed by atoms with van der Waals surface area (Å²) in [5, 5.41) is 8.88. The number of carbonyl (C=O) groups excluding carboxylic acids is 1. The molecule has 0 bridgehead atoms. The van der Waals surface area contributed by atoms with E-state index in [0.29, 0.717) is 18.1 Å². The second-order valence-electron chi connectivity index (χ2n) is 6.61. The van der Waals surface area contributed by atoms with Gasteiger partial charge in [0.1, 0.15) is 5.75 Å². The summed E-state index contributed by atoms with van der Waals surface area (Å²) < 4.78 is 41.6. The van der Waals surface area contributed by atoms with Gasteiger partial charge in [0.25, 0.3) is 0 Å². The smallest absolute Gasteiger partial charge is 0.405 e. The van der Waals surface area contributed by atoms with Crippen LogP contribution in [0.25, 0.3) is 0 Å². The van der Waals surface area contributed by atoms with Crippen LogP contribution in [0.1, 0.15) is 44.6 Å². The molecule has 1 aromatic rings. The summed E-state index contributed by atoms with van der Waals surface area (Å²) in [4.78, 5) is 16.4. The quantitative estimate of drug-likeness (QED) is 0.486. The molecule has 1 saturated carbocycles. The summed E-state index contributed by atoms with van der Waals surface area (Å²) in [7, 11) is 0. The van der Waals surface area contributed by atoms with Crippen molar-refractivity contribution < 1.29 is 22.7 Å².